The van der Waals surface area contributed by atoms with Gasteiger partial charge in [-0.2, -0.15) is 4.31 Å². The maximum absolute atomic E-state index is 12.7. The van der Waals surface area contributed by atoms with E-state index >= 15 is 0 Å². The molecule has 1 aromatic rings. The van der Waals surface area contributed by atoms with Crippen LogP contribution in [0.4, 0.5) is 5.69 Å². The molecule has 2 amide bonds. The second-order valence-electron chi connectivity index (χ2n) is 6.19. The molecule has 2 N–H and O–H groups in total. The molecule has 0 aliphatic carbocycles. The zero-order valence-electron chi connectivity index (χ0n) is 15.0. The highest BCUT2D eigenvalue weighted by atomic mass is 32.2. The fourth-order valence-electron chi connectivity index (χ4n) is 2.80. The van der Waals surface area contributed by atoms with Gasteiger partial charge in [-0.15, -0.1) is 0 Å². The third-order valence-electron chi connectivity index (χ3n) is 4.16. The number of carbonyl (C=O) groups is 2. The lowest BCUT2D eigenvalue weighted by Crippen LogP contribution is -2.46. The number of carbonyl (C=O) groups excluding carboxylic acids is 2. The SMILES string of the molecule is COCCC(=O)NC1CCN(S(=O)(=O)c2ccc(NC(C)=O)cc2)CC1. The van der Waals surface area contributed by atoms with Gasteiger partial charge in [-0.25, -0.2) is 8.42 Å². The number of hydrogen-bond donors (Lipinski definition) is 2. The average molecular weight is 383 g/mol. The summed E-state index contributed by atoms with van der Waals surface area (Å²) in [6, 6.07) is 6.08. The Bertz CT molecular complexity index is 725. The van der Waals surface area contributed by atoms with Crippen LogP contribution in [0.25, 0.3) is 0 Å². The number of nitrogens with one attached hydrogen (secondary N) is 2. The molecule has 1 aromatic carbocycles. The van der Waals surface area contributed by atoms with Crippen LogP contribution in [0.3, 0.4) is 0 Å². The number of anilines is 1. The number of sulfonamides is 1. The van der Waals surface area contributed by atoms with E-state index in [9.17, 15) is 18.0 Å². The summed E-state index contributed by atoms with van der Waals surface area (Å²) in [6.45, 7) is 2.46. The van der Waals surface area contributed by atoms with E-state index in [1.165, 1.54) is 23.4 Å². The van der Waals surface area contributed by atoms with Crippen LogP contribution in [-0.2, 0) is 24.3 Å². The van der Waals surface area contributed by atoms with Crippen molar-refractivity contribution < 1.29 is 22.7 Å². The number of methoxy groups -OCH3 is 1. The van der Waals surface area contributed by atoms with Crippen molar-refractivity contribution in [3.8, 4) is 0 Å². The summed E-state index contributed by atoms with van der Waals surface area (Å²) in [7, 11) is -2.04. The number of piperidine rings is 1. The number of nitrogens with zero attached hydrogens (tertiary/aromatic N) is 1. The molecular weight excluding hydrogens is 358 g/mol. The van der Waals surface area contributed by atoms with Crippen LogP contribution in [0, 0.1) is 0 Å². The maximum atomic E-state index is 12.7. The van der Waals surface area contributed by atoms with Crippen molar-refractivity contribution in [3.05, 3.63) is 24.3 Å². The van der Waals surface area contributed by atoms with Gasteiger partial charge in [-0.3, -0.25) is 9.59 Å². The van der Waals surface area contributed by atoms with E-state index in [1.54, 1.807) is 19.2 Å². The fraction of sp³-hybridized carbons (Fsp3) is 0.529. The largest absolute Gasteiger partial charge is 0.384 e. The molecule has 0 atom stereocenters. The molecule has 1 aliphatic rings. The van der Waals surface area contributed by atoms with Gasteiger partial charge in [0, 0.05) is 45.3 Å². The third kappa shape index (κ3) is 5.52. The number of benzene rings is 1. The minimum Gasteiger partial charge on any atom is -0.384 e. The predicted molar refractivity (Wildman–Crippen MR) is 97.2 cm³/mol. The Morgan fingerprint density at radius 1 is 1.19 bits per heavy atom. The van der Waals surface area contributed by atoms with Crippen molar-refractivity contribution in [2.45, 2.75) is 37.1 Å². The van der Waals surface area contributed by atoms with Gasteiger partial charge < -0.3 is 15.4 Å². The molecule has 0 spiro atoms. The topological polar surface area (TPSA) is 105 Å². The molecule has 26 heavy (non-hydrogen) atoms. The summed E-state index contributed by atoms with van der Waals surface area (Å²) in [5.41, 5.74) is 0.550. The Morgan fingerprint density at radius 2 is 1.81 bits per heavy atom. The molecule has 0 radical (unpaired) electrons. The summed E-state index contributed by atoms with van der Waals surface area (Å²) in [6.07, 6.45) is 1.44. The highest BCUT2D eigenvalue weighted by Gasteiger charge is 2.29. The highest BCUT2D eigenvalue weighted by Crippen LogP contribution is 2.22. The molecule has 144 valence electrons. The summed E-state index contributed by atoms with van der Waals surface area (Å²) >= 11 is 0. The van der Waals surface area contributed by atoms with Crippen molar-refractivity contribution >= 4 is 27.5 Å². The van der Waals surface area contributed by atoms with Gasteiger partial charge in [0.15, 0.2) is 0 Å². The van der Waals surface area contributed by atoms with E-state index < -0.39 is 10.0 Å². The fourth-order valence-corrected chi connectivity index (χ4v) is 4.27. The lowest BCUT2D eigenvalue weighted by molar-refractivity contribution is -0.123. The Hall–Kier alpha value is -1.97. The standard InChI is InChI=1S/C17H25N3O5S/c1-13(21)18-14-3-5-16(6-4-14)26(23,24)20-10-7-15(8-11-20)19-17(22)9-12-25-2/h3-6,15H,7-12H2,1-2H3,(H,18,21)(H,19,22). The molecule has 0 aromatic heterocycles. The van der Waals surface area contributed by atoms with Crippen molar-refractivity contribution in [1.29, 1.82) is 0 Å². The monoisotopic (exact) mass is 383 g/mol. The van der Waals surface area contributed by atoms with Gasteiger partial charge in [-0.1, -0.05) is 0 Å². The average Bonchev–Trinajstić information content (AvgIpc) is 2.60. The first-order valence-electron chi connectivity index (χ1n) is 8.49. The van der Waals surface area contributed by atoms with Crippen LogP contribution in [0.5, 0.6) is 0 Å². The minimum atomic E-state index is -3.59. The lowest BCUT2D eigenvalue weighted by atomic mass is 10.1. The zero-order valence-corrected chi connectivity index (χ0v) is 15.8. The smallest absolute Gasteiger partial charge is 0.243 e. The molecule has 1 aliphatic heterocycles. The van der Waals surface area contributed by atoms with E-state index in [0.29, 0.717) is 44.6 Å². The number of ether oxygens (including phenoxy) is 1. The molecule has 1 saturated heterocycles. The Morgan fingerprint density at radius 3 is 2.35 bits per heavy atom. The first kappa shape index (κ1) is 20.3. The Balaban J connectivity index is 1.93. The molecular formula is C17H25N3O5S. The number of rotatable bonds is 7. The first-order valence-corrected chi connectivity index (χ1v) is 9.93. The zero-order chi connectivity index (χ0) is 19.2. The minimum absolute atomic E-state index is 0.0204. The van der Waals surface area contributed by atoms with Crippen LogP contribution in [-0.4, -0.2) is 57.4 Å². The molecule has 0 bridgehead atoms. The van der Waals surface area contributed by atoms with Crippen molar-refractivity contribution in [3.63, 3.8) is 0 Å². The molecule has 9 heteroatoms. The van der Waals surface area contributed by atoms with Gasteiger partial charge in [0.1, 0.15) is 0 Å². The first-order chi connectivity index (χ1) is 12.3. The molecule has 0 unspecified atom stereocenters. The predicted octanol–water partition coefficient (Wildman–Crippen LogP) is 0.951. The van der Waals surface area contributed by atoms with Gasteiger partial charge in [0.05, 0.1) is 11.5 Å². The quantitative estimate of drug-likeness (QED) is 0.729. The molecule has 8 nitrogen and oxygen atoms in total. The number of hydrogen-bond acceptors (Lipinski definition) is 5. The lowest BCUT2D eigenvalue weighted by Gasteiger charge is -2.31. The summed E-state index contributed by atoms with van der Waals surface area (Å²) in [5, 5.41) is 5.52. The van der Waals surface area contributed by atoms with Gasteiger partial charge in [0.2, 0.25) is 21.8 Å². The summed E-state index contributed by atoms with van der Waals surface area (Å²) in [4.78, 5) is 22.9. The number of amides is 2. The van der Waals surface area contributed by atoms with Crippen molar-refractivity contribution in [1.82, 2.24) is 9.62 Å². The second-order valence-corrected chi connectivity index (χ2v) is 8.13. The molecule has 1 fully saturated rings. The van der Waals surface area contributed by atoms with Crippen molar-refractivity contribution in [2.24, 2.45) is 0 Å². The van der Waals surface area contributed by atoms with E-state index in [0.717, 1.165) is 0 Å². The Labute approximate surface area is 153 Å². The van der Waals surface area contributed by atoms with Crippen LogP contribution in [0.15, 0.2) is 29.2 Å². The molecule has 0 saturated carbocycles. The maximum Gasteiger partial charge on any atom is 0.243 e. The van der Waals surface area contributed by atoms with Crippen LogP contribution in [0.2, 0.25) is 0 Å². The van der Waals surface area contributed by atoms with Gasteiger partial charge >= 0.3 is 0 Å². The van der Waals surface area contributed by atoms with E-state index in [1.807, 2.05) is 0 Å². The van der Waals surface area contributed by atoms with Crippen LogP contribution in [0.1, 0.15) is 26.2 Å². The second kappa shape index (κ2) is 9.11. The van der Waals surface area contributed by atoms with Crippen LogP contribution >= 0.6 is 0 Å². The van der Waals surface area contributed by atoms with Crippen molar-refractivity contribution in [2.75, 3.05) is 32.1 Å². The Kier molecular flexibility index (Phi) is 7.13. The van der Waals surface area contributed by atoms with E-state index in [4.69, 9.17) is 4.74 Å². The normalized spacial score (nSPS) is 16.2. The van der Waals surface area contributed by atoms with Gasteiger partial charge in [-0.05, 0) is 37.1 Å². The van der Waals surface area contributed by atoms with Gasteiger partial charge in [0.25, 0.3) is 0 Å². The van der Waals surface area contributed by atoms with Crippen LogP contribution < -0.4 is 10.6 Å². The summed E-state index contributed by atoms with van der Waals surface area (Å²) < 4.78 is 31.8. The van der Waals surface area contributed by atoms with E-state index in [2.05, 4.69) is 10.6 Å². The third-order valence-corrected chi connectivity index (χ3v) is 6.08. The molecule has 1 heterocycles. The summed E-state index contributed by atoms with van der Waals surface area (Å²) in [5.74, 6) is -0.294. The highest BCUT2D eigenvalue weighted by molar-refractivity contribution is 7.89. The van der Waals surface area contributed by atoms with E-state index in [-0.39, 0.29) is 22.8 Å². The molecule has 2 rings (SSSR count).